The Bertz CT molecular complexity index is 825. The molecule has 0 bridgehead atoms. The number of hydrogen-bond donors (Lipinski definition) is 1. The summed E-state index contributed by atoms with van der Waals surface area (Å²) in [6.45, 7) is -1.94. The van der Waals surface area contributed by atoms with E-state index in [1.54, 1.807) is 30.3 Å². The highest BCUT2D eigenvalue weighted by Crippen LogP contribution is 2.38. The van der Waals surface area contributed by atoms with Crippen molar-refractivity contribution in [2.24, 2.45) is 0 Å². The van der Waals surface area contributed by atoms with Crippen LogP contribution in [0.5, 0.6) is 17.2 Å². The van der Waals surface area contributed by atoms with Crippen molar-refractivity contribution >= 4 is 33.6 Å². The summed E-state index contributed by atoms with van der Waals surface area (Å²) in [5, 5.41) is 2.74. The van der Waals surface area contributed by atoms with Gasteiger partial charge in [0.25, 0.3) is 0 Å². The van der Waals surface area contributed by atoms with Crippen LogP contribution in [0.2, 0.25) is 0 Å². The van der Waals surface area contributed by atoms with Gasteiger partial charge in [0, 0.05) is 22.7 Å². The number of rotatable bonds is 5. The lowest BCUT2D eigenvalue weighted by atomic mass is 10.2. The Labute approximate surface area is 156 Å². The van der Waals surface area contributed by atoms with E-state index in [1.807, 2.05) is 0 Å². The fourth-order valence-corrected chi connectivity index (χ4v) is 2.69. The van der Waals surface area contributed by atoms with Gasteiger partial charge in [-0.2, -0.15) is 8.78 Å². The molecule has 0 aromatic heterocycles. The molecular weight excluding hydrogens is 412 g/mol. The topological polar surface area (TPSA) is 56.8 Å². The van der Waals surface area contributed by atoms with Crippen LogP contribution in [0.25, 0.3) is 6.08 Å². The van der Waals surface area contributed by atoms with Gasteiger partial charge in [-0.15, -0.1) is 0 Å². The number of alkyl halides is 2. The average molecular weight is 426 g/mol. The van der Waals surface area contributed by atoms with Crippen LogP contribution in [0.15, 0.2) is 46.9 Å². The Morgan fingerprint density at radius 3 is 2.46 bits per heavy atom. The zero-order valence-corrected chi connectivity index (χ0v) is 15.0. The molecule has 1 aliphatic heterocycles. The summed E-state index contributed by atoms with van der Waals surface area (Å²) < 4.78 is 40.1. The molecule has 0 fully saturated rings. The number of nitrogens with one attached hydrogen (secondary N) is 1. The maximum Gasteiger partial charge on any atom is 0.387 e. The van der Waals surface area contributed by atoms with E-state index < -0.39 is 6.61 Å². The first-order valence-corrected chi connectivity index (χ1v) is 8.43. The van der Waals surface area contributed by atoms with Crippen molar-refractivity contribution in [1.29, 1.82) is 0 Å². The normalized spacial score (nSPS) is 13.1. The number of carbonyl (C=O) groups excluding carboxylic acids is 1. The molecule has 3 rings (SSSR count). The quantitative estimate of drug-likeness (QED) is 0.717. The van der Waals surface area contributed by atoms with Crippen molar-refractivity contribution in [3.8, 4) is 17.2 Å². The van der Waals surface area contributed by atoms with Gasteiger partial charge >= 0.3 is 6.61 Å². The van der Waals surface area contributed by atoms with Crippen LogP contribution in [0.4, 0.5) is 14.5 Å². The second-order valence-electron chi connectivity index (χ2n) is 5.25. The molecule has 8 heteroatoms. The Balaban J connectivity index is 1.64. The third kappa shape index (κ3) is 4.72. The standard InChI is InChI=1S/C18H14BrF2NO4/c19-13-9-15-16(25-8-7-24-15)10-14(13)22-17(23)6-3-11-1-4-12(5-2-11)26-18(20)21/h1-6,9-10,18H,7-8H2,(H,22,23)/b6-3+. The van der Waals surface area contributed by atoms with E-state index in [0.29, 0.717) is 40.4 Å². The molecule has 0 spiro atoms. The predicted octanol–water partition coefficient (Wildman–Crippen LogP) is 4.47. The van der Waals surface area contributed by atoms with Crippen LogP contribution in [0.1, 0.15) is 5.56 Å². The zero-order valence-electron chi connectivity index (χ0n) is 13.4. The Kier molecular flexibility index (Phi) is 5.72. The lowest BCUT2D eigenvalue weighted by Gasteiger charge is -2.19. The summed E-state index contributed by atoms with van der Waals surface area (Å²) in [4.78, 5) is 12.1. The summed E-state index contributed by atoms with van der Waals surface area (Å²) in [6, 6.07) is 9.36. The SMILES string of the molecule is O=C(/C=C/c1ccc(OC(F)F)cc1)Nc1cc2c(cc1Br)OCCO2. The molecule has 2 aromatic carbocycles. The molecule has 0 saturated carbocycles. The van der Waals surface area contributed by atoms with Crippen molar-refractivity contribution in [3.05, 3.63) is 52.5 Å². The maximum atomic E-state index is 12.1. The minimum atomic E-state index is -2.87. The lowest BCUT2D eigenvalue weighted by molar-refractivity contribution is -0.111. The predicted molar refractivity (Wildman–Crippen MR) is 95.9 cm³/mol. The number of carbonyl (C=O) groups is 1. The summed E-state index contributed by atoms with van der Waals surface area (Å²) in [5.74, 6) is 0.883. The molecule has 26 heavy (non-hydrogen) atoms. The summed E-state index contributed by atoms with van der Waals surface area (Å²) in [7, 11) is 0. The Morgan fingerprint density at radius 2 is 1.81 bits per heavy atom. The fraction of sp³-hybridized carbons (Fsp3) is 0.167. The van der Waals surface area contributed by atoms with Gasteiger partial charge in [0.2, 0.25) is 5.91 Å². The highest BCUT2D eigenvalue weighted by molar-refractivity contribution is 9.10. The monoisotopic (exact) mass is 425 g/mol. The molecule has 1 heterocycles. The molecule has 2 aromatic rings. The van der Waals surface area contributed by atoms with Gasteiger partial charge in [-0.1, -0.05) is 12.1 Å². The summed E-state index contributed by atoms with van der Waals surface area (Å²) in [5.41, 5.74) is 1.22. The van der Waals surface area contributed by atoms with Crippen LogP contribution in [0, 0.1) is 0 Å². The highest BCUT2D eigenvalue weighted by atomic mass is 79.9. The number of benzene rings is 2. The molecule has 1 aliphatic rings. The van der Waals surface area contributed by atoms with Gasteiger partial charge in [-0.25, -0.2) is 0 Å². The Morgan fingerprint density at radius 1 is 1.15 bits per heavy atom. The second-order valence-corrected chi connectivity index (χ2v) is 6.10. The van der Waals surface area contributed by atoms with E-state index in [2.05, 4.69) is 26.0 Å². The van der Waals surface area contributed by atoms with E-state index in [1.165, 1.54) is 18.2 Å². The van der Waals surface area contributed by atoms with Crippen LogP contribution >= 0.6 is 15.9 Å². The molecule has 5 nitrogen and oxygen atoms in total. The van der Waals surface area contributed by atoms with Crippen molar-refractivity contribution in [1.82, 2.24) is 0 Å². The first-order chi connectivity index (χ1) is 12.5. The van der Waals surface area contributed by atoms with Crippen LogP contribution in [-0.2, 0) is 4.79 Å². The smallest absolute Gasteiger partial charge is 0.387 e. The minimum Gasteiger partial charge on any atom is -0.486 e. The number of ether oxygens (including phenoxy) is 3. The van der Waals surface area contributed by atoms with Crippen molar-refractivity contribution in [2.45, 2.75) is 6.61 Å². The van der Waals surface area contributed by atoms with Crippen LogP contribution in [-0.4, -0.2) is 25.7 Å². The third-order valence-electron chi connectivity index (χ3n) is 3.42. The second kappa shape index (κ2) is 8.18. The average Bonchev–Trinajstić information content (AvgIpc) is 2.61. The highest BCUT2D eigenvalue weighted by Gasteiger charge is 2.15. The third-order valence-corrected chi connectivity index (χ3v) is 4.08. The van der Waals surface area contributed by atoms with E-state index in [9.17, 15) is 13.6 Å². The molecule has 0 radical (unpaired) electrons. The van der Waals surface area contributed by atoms with E-state index >= 15 is 0 Å². The largest absolute Gasteiger partial charge is 0.486 e. The first kappa shape index (κ1) is 18.2. The van der Waals surface area contributed by atoms with Crippen molar-refractivity contribution in [3.63, 3.8) is 0 Å². The van der Waals surface area contributed by atoms with Crippen molar-refractivity contribution < 1.29 is 27.8 Å². The first-order valence-electron chi connectivity index (χ1n) is 7.64. The van der Waals surface area contributed by atoms with E-state index in [0.717, 1.165) is 0 Å². The number of hydrogen-bond acceptors (Lipinski definition) is 4. The zero-order chi connectivity index (χ0) is 18.5. The Hall–Kier alpha value is -2.61. The molecule has 136 valence electrons. The van der Waals surface area contributed by atoms with Crippen LogP contribution in [0.3, 0.4) is 0 Å². The van der Waals surface area contributed by atoms with Gasteiger partial charge in [0.05, 0.1) is 5.69 Å². The van der Waals surface area contributed by atoms with Crippen LogP contribution < -0.4 is 19.5 Å². The van der Waals surface area contributed by atoms with Gasteiger partial charge in [-0.3, -0.25) is 4.79 Å². The summed E-state index contributed by atoms with van der Waals surface area (Å²) in [6.07, 6.45) is 2.90. The van der Waals surface area contributed by atoms with Gasteiger partial charge in [-0.05, 0) is 39.7 Å². The van der Waals surface area contributed by atoms with Gasteiger partial charge in [0.15, 0.2) is 11.5 Å². The van der Waals surface area contributed by atoms with Gasteiger partial charge in [0.1, 0.15) is 19.0 Å². The maximum absolute atomic E-state index is 12.1. The lowest BCUT2D eigenvalue weighted by Crippen LogP contribution is -2.16. The molecule has 1 amide bonds. The molecule has 1 N–H and O–H groups in total. The molecule has 0 unspecified atom stereocenters. The van der Waals surface area contributed by atoms with Gasteiger partial charge < -0.3 is 19.5 Å². The number of anilines is 1. The number of fused-ring (bicyclic) bond motifs is 1. The number of halogens is 3. The van der Waals surface area contributed by atoms with E-state index in [-0.39, 0.29) is 11.7 Å². The molecular formula is C18H14BrF2NO4. The number of amides is 1. The fourth-order valence-electron chi connectivity index (χ4n) is 2.27. The van der Waals surface area contributed by atoms with Crippen molar-refractivity contribution in [2.75, 3.05) is 18.5 Å². The summed E-state index contributed by atoms with van der Waals surface area (Å²) >= 11 is 3.38. The molecule has 0 aliphatic carbocycles. The minimum absolute atomic E-state index is 0.0572. The van der Waals surface area contributed by atoms with E-state index in [4.69, 9.17) is 9.47 Å². The molecule has 0 atom stereocenters. The molecule has 0 saturated heterocycles.